The van der Waals surface area contributed by atoms with Gasteiger partial charge in [-0.3, -0.25) is 10.1 Å². The average molecular weight is 332 g/mol. The lowest BCUT2D eigenvalue weighted by Crippen LogP contribution is -2.03. The van der Waals surface area contributed by atoms with E-state index in [4.69, 9.17) is 34.8 Å². The molecule has 2 rings (SSSR count). The minimum Gasteiger partial charge on any atom is -0.379 e. The van der Waals surface area contributed by atoms with Gasteiger partial charge in [-0.1, -0.05) is 40.9 Å². The van der Waals surface area contributed by atoms with Crippen LogP contribution in [0.25, 0.3) is 0 Å². The number of benzene rings is 2. The second-order valence-corrected chi connectivity index (χ2v) is 5.21. The Balaban J connectivity index is 2.24. The molecular weight excluding hydrogens is 323 g/mol. The number of halogens is 3. The number of nitrogens with one attached hydrogen (secondary N) is 1. The molecule has 0 aliphatic heterocycles. The maximum atomic E-state index is 11.0. The third-order valence-electron chi connectivity index (χ3n) is 2.66. The van der Waals surface area contributed by atoms with Gasteiger partial charge in [0, 0.05) is 17.6 Å². The van der Waals surface area contributed by atoms with Crippen molar-refractivity contribution in [2.24, 2.45) is 0 Å². The van der Waals surface area contributed by atoms with Crippen molar-refractivity contribution in [1.82, 2.24) is 0 Å². The lowest BCUT2D eigenvalue weighted by Gasteiger charge is -2.10. The normalized spacial score (nSPS) is 10.3. The van der Waals surface area contributed by atoms with Crippen LogP contribution in [0.5, 0.6) is 0 Å². The van der Waals surface area contributed by atoms with E-state index in [1.165, 1.54) is 12.1 Å². The van der Waals surface area contributed by atoms with E-state index in [9.17, 15) is 10.1 Å². The summed E-state index contributed by atoms with van der Waals surface area (Å²) in [5.41, 5.74) is 1.08. The zero-order valence-corrected chi connectivity index (χ0v) is 12.3. The molecule has 2 aromatic rings. The molecule has 0 saturated carbocycles. The predicted molar refractivity (Wildman–Crippen MR) is 81.9 cm³/mol. The second-order valence-electron chi connectivity index (χ2n) is 3.99. The van der Waals surface area contributed by atoms with E-state index in [0.29, 0.717) is 26.3 Å². The standard InChI is InChI=1S/C13H9Cl3N2O2/c14-9-4-5-12(18(19)20)8(6-9)7-17-11-3-1-2-10(15)13(11)16/h1-6,17H,7H2. The Morgan fingerprint density at radius 1 is 1.15 bits per heavy atom. The number of nitro groups is 1. The molecule has 0 spiro atoms. The summed E-state index contributed by atoms with van der Waals surface area (Å²) in [6.45, 7) is 0.219. The summed E-state index contributed by atoms with van der Waals surface area (Å²) in [5.74, 6) is 0. The Morgan fingerprint density at radius 3 is 2.60 bits per heavy atom. The quantitative estimate of drug-likeness (QED) is 0.621. The molecule has 0 aliphatic rings. The molecule has 0 unspecified atom stereocenters. The Morgan fingerprint density at radius 2 is 1.90 bits per heavy atom. The lowest BCUT2D eigenvalue weighted by atomic mass is 10.1. The average Bonchev–Trinajstić information content (AvgIpc) is 2.40. The molecule has 0 aromatic heterocycles. The van der Waals surface area contributed by atoms with Crippen molar-refractivity contribution in [3.05, 3.63) is 67.1 Å². The molecule has 1 N–H and O–H groups in total. The number of nitro benzene ring substituents is 1. The minimum absolute atomic E-state index is 0.0000468. The van der Waals surface area contributed by atoms with Gasteiger partial charge < -0.3 is 5.32 Å². The van der Waals surface area contributed by atoms with Crippen molar-refractivity contribution in [3.8, 4) is 0 Å². The molecule has 20 heavy (non-hydrogen) atoms. The highest BCUT2D eigenvalue weighted by Gasteiger charge is 2.14. The van der Waals surface area contributed by atoms with Gasteiger partial charge in [-0.25, -0.2) is 0 Å². The van der Waals surface area contributed by atoms with E-state index in [1.807, 2.05) is 0 Å². The van der Waals surface area contributed by atoms with E-state index < -0.39 is 4.92 Å². The molecule has 0 atom stereocenters. The fourth-order valence-corrected chi connectivity index (χ4v) is 2.27. The third-order valence-corrected chi connectivity index (χ3v) is 3.71. The maximum Gasteiger partial charge on any atom is 0.274 e. The Hall–Kier alpha value is -1.49. The van der Waals surface area contributed by atoms with Crippen LogP contribution in [0.2, 0.25) is 15.1 Å². The first-order valence-corrected chi connectivity index (χ1v) is 6.73. The molecule has 0 saturated heterocycles. The van der Waals surface area contributed by atoms with E-state index in [-0.39, 0.29) is 12.2 Å². The SMILES string of the molecule is O=[N+]([O-])c1ccc(Cl)cc1CNc1cccc(Cl)c1Cl. The number of nitrogens with zero attached hydrogens (tertiary/aromatic N) is 1. The van der Waals surface area contributed by atoms with Gasteiger partial charge in [0.1, 0.15) is 0 Å². The van der Waals surface area contributed by atoms with Crippen LogP contribution in [0.15, 0.2) is 36.4 Å². The van der Waals surface area contributed by atoms with Crippen LogP contribution >= 0.6 is 34.8 Å². The zero-order valence-electron chi connectivity index (χ0n) is 10.1. The summed E-state index contributed by atoms with van der Waals surface area (Å²) in [7, 11) is 0. The highest BCUT2D eigenvalue weighted by Crippen LogP contribution is 2.31. The first-order valence-electron chi connectivity index (χ1n) is 5.59. The molecule has 0 fully saturated rings. The molecular formula is C13H9Cl3N2O2. The fraction of sp³-hybridized carbons (Fsp3) is 0.0769. The molecule has 4 nitrogen and oxygen atoms in total. The van der Waals surface area contributed by atoms with Crippen LogP contribution in [0.3, 0.4) is 0 Å². The molecule has 0 amide bonds. The Kier molecular flexibility index (Phi) is 4.70. The van der Waals surface area contributed by atoms with Crippen molar-refractivity contribution >= 4 is 46.2 Å². The molecule has 0 aliphatic carbocycles. The summed E-state index contributed by atoms with van der Waals surface area (Å²) >= 11 is 17.8. The van der Waals surface area contributed by atoms with Crippen LogP contribution in [0, 0.1) is 10.1 Å². The summed E-state index contributed by atoms with van der Waals surface area (Å²) in [4.78, 5) is 10.5. The topological polar surface area (TPSA) is 55.2 Å². The van der Waals surface area contributed by atoms with E-state index in [1.54, 1.807) is 24.3 Å². The zero-order chi connectivity index (χ0) is 14.7. The van der Waals surface area contributed by atoms with Crippen molar-refractivity contribution in [2.75, 3.05) is 5.32 Å². The summed E-state index contributed by atoms with van der Waals surface area (Å²) in [6.07, 6.45) is 0. The number of hydrogen-bond acceptors (Lipinski definition) is 3. The van der Waals surface area contributed by atoms with Crippen molar-refractivity contribution in [3.63, 3.8) is 0 Å². The van der Waals surface area contributed by atoms with Crippen molar-refractivity contribution < 1.29 is 4.92 Å². The van der Waals surface area contributed by atoms with E-state index >= 15 is 0 Å². The van der Waals surface area contributed by atoms with Gasteiger partial charge in [0.15, 0.2) is 0 Å². The van der Waals surface area contributed by atoms with Gasteiger partial charge in [-0.15, -0.1) is 0 Å². The van der Waals surface area contributed by atoms with Crippen LogP contribution in [-0.4, -0.2) is 4.92 Å². The summed E-state index contributed by atoms with van der Waals surface area (Å²) < 4.78 is 0. The van der Waals surface area contributed by atoms with Crippen LogP contribution in [0.1, 0.15) is 5.56 Å². The highest BCUT2D eigenvalue weighted by molar-refractivity contribution is 6.43. The second kappa shape index (κ2) is 6.31. The number of rotatable bonds is 4. The number of anilines is 1. The van der Waals surface area contributed by atoms with Crippen molar-refractivity contribution in [2.45, 2.75) is 6.54 Å². The molecule has 7 heteroatoms. The fourth-order valence-electron chi connectivity index (χ4n) is 1.70. The maximum absolute atomic E-state index is 11.0. The smallest absolute Gasteiger partial charge is 0.274 e. The first kappa shape index (κ1) is 14.9. The Bertz CT molecular complexity index is 662. The molecule has 104 valence electrons. The van der Waals surface area contributed by atoms with Gasteiger partial charge >= 0.3 is 0 Å². The van der Waals surface area contributed by atoms with E-state index in [2.05, 4.69) is 5.32 Å². The molecule has 0 heterocycles. The van der Waals surface area contributed by atoms with Crippen molar-refractivity contribution in [1.29, 1.82) is 0 Å². The van der Waals surface area contributed by atoms with Gasteiger partial charge in [0.2, 0.25) is 0 Å². The monoisotopic (exact) mass is 330 g/mol. The van der Waals surface area contributed by atoms with Crippen LogP contribution < -0.4 is 5.32 Å². The van der Waals surface area contributed by atoms with Crippen LogP contribution in [0.4, 0.5) is 11.4 Å². The van der Waals surface area contributed by atoms with Gasteiger partial charge in [-0.2, -0.15) is 0 Å². The third kappa shape index (κ3) is 3.33. The van der Waals surface area contributed by atoms with Gasteiger partial charge in [0.05, 0.1) is 26.2 Å². The molecule has 2 aromatic carbocycles. The lowest BCUT2D eigenvalue weighted by molar-refractivity contribution is -0.385. The minimum atomic E-state index is -0.451. The Labute approximate surface area is 130 Å². The molecule has 0 bridgehead atoms. The summed E-state index contributed by atoms with van der Waals surface area (Å²) in [5, 5.41) is 15.2. The summed E-state index contributed by atoms with van der Waals surface area (Å²) in [6, 6.07) is 9.55. The van der Waals surface area contributed by atoms with Crippen LogP contribution in [-0.2, 0) is 6.54 Å². The highest BCUT2D eigenvalue weighted by atomic mass is 35.5. The molecule has 0 radical (unpaired) electrons. The van der Waals surface area contributed by atoms with Gasteiger partial charge in [0.25, 0.3) is 5.69 Å². The first-order chi connectivity index (χ1) is 9.49. The number of hydrogen-bond donors (Lipinski definition) is 1. The van der Waals surface area contributed by atoms with E-state index in [0.717, 1.165) is 0 Å². The van der Waals surface area contributed by atoms with Gasteiger partial charge in [-0.05, 0) is 24.3 Å². The predicted octanol–water partition coefficient (Wildman–Crippen LogP) is 5.17. The largest absolute Gasteiger partial charge is 0.379 e.